The van der Waals surface area contributed by atoms with E-state index in [4.69, 9.17) is 0 Å². The fraction of sp³-hybridized carbons (Fsp3) is 0.917. The van der Waals surface area contributed by atoms with Gasteiger partial charge in [0.25, 0.3) is 0 Å². The van der Waals surface area contributed by atoms with Gasteiger partial charge in [-0.1, -0.05) is 53.4 Å². The zero-order valence-electron chi connectivity index (χ0n) is 21.3. The molecule has 0 aliphatic rings. The molecule has 0 spiro atoms. The van der Waals surface area contributed by atoms with Gasteiger partial charge in [-0.15, -0.1) is 0 Å². The summed E-state index contributed by atoms with van der Waals surface area (Å²) >= 11 is 0.218. The molecule has 0 aromatic rings. The molecular formula is C24H50O4S2Sn+2. The number of hydrogen-bond donors (Lipinski definition) is 0. The third kappa shape index (κ3) is 35.2. The Labute approximate surface area is 210 Å². The summed E-state index contributed by atoms with van der Waals surface area (Å²) in [7, 11) is 0.167. The summed E-state index contributed by atoms with van der Waals surface area (Å²) in [5.74, 6) is 3.09. The Morgan fingerprint density at radius 1 is 0.581 bits per heavy atom. The van der Waals surface area contributed by atoms with Crippen LogP contribution in [-0.4, -0.2) is 67.6 Å². The number of rotatable bonds is 18. The van der Waals surface area contributed by atoms with E-state index < -0.39 is 11.9 Å². The molecule has 0 unspecified atom stereocenters. The number of carbonyl (C=O) groups is 2. The monoisotopic (exact) mass is 586 g/mol. The van der Waals surface area contributed by atoms with Gasteiger partial charge in [-0.2, -0.15) is 0 Å². The molecule has 0 saturated heterocycles. The second kappa shape index (κ2) is 30.4. The van der Waals surface area contributed by atoms with Crippen LogP contribution in [0, 0.1) is 0 Å². The maximum atomic E-state index is 10.4. The summed E-state index contributed by atoms with van der Waals surface area (Å²) in [6.45, 7) is 13.1. The number of carbonyl (C=O) groups excluding carboxylic acids is 2. The molecule has 0 fully saturated rings. The maximum absolute atomic E-state index is 10.4. The third-order valence-corrected chi connectivity index (χ3v) is 11.9. The van der Waals surface area contributed by atoms with Crippen molar-refractivity contribution in [1.29, 1.82) is 0 Å². The van der Waals surface area contributed by atoms with E-state index in [9.17, 15) is 19.8 Å². The Hall–Kier alpha value is 0.439. The van der Waals surface area contributed by atoms with Crippen LogP contribution in [0.3, 0.4) is 0 Å². The zero-order chi connectivity index (χ0) is 24.3. The van der Waals surface area contributed by atoms with E-state index >= 15 is 0 Å². The first-order valence-electron chi connectivity index (χ1n) is 12.2. The first-order valence-corrected chi connectivity index (χ1v) is 19.7. The van der Waals surface area contributed by atoms with E-state index in [2.05, 4.69) is 41.5 Å². The summed E-state index contributed by atoms with van der Waals surface area (Å²) in [5, 5.41) is 20.9. The van der Waals surface area contributed by atoms with Crippen molar-refractivity contribution < 1.29 is 19.8 Å². The van der Waals surface area contributed by atoms with Crippen LogP contribution in [-0.2, 0) is 31.4 Å². The van der Waals surface area contributed by atoms with Gasteiger partial charge in [0.05, 0.1) is 11.9 Å². The Balaban J connectivity index is -0.000000416. The van der Waals surface area contributed by atoms with Gasteiger partial charge >= 0.3 is 43.9 Å². The Morgan fingerprint density at radius 3 is 0.968 bits per heavy atom. The average Bonchev–Trinajstić information content (AvgIpc) is 2.73. The van der Waals surface area contributed by atoms with Crippen molar-refractivity contribution in [2.24, 2.45) is 0 Å². The molecule has 31 heavy (non-hydrogen) atoms. The molecule has 0 aromatic heterocycles. The molecule has 0 radical (unpaired) electrons. The standard InChI is InChI=1S/2C10H20O2S.2C2H5.Sn/c2*1-3-5-7-13(8-6-4-2)9-10(11)12;2*1-2;/h2*3-9H2,1-2H3;2*1H2,2H3;/q;;;;+2. The molecule has 0 heterocycles. The average molecular weight is 586 g/mol. The second-order valence-corrected chi connectivity index (χ2v) is 17.6. The molecule has 0 N–H and O–H groups in total. The van der Waals surface area contributed by atoms with E-state index in [-0.39, 0.29) is 54.4 Å². The normalized spacial score (nSPS) is 10.1. The second-order valence-electron chi connectivity index (χ2n) is 7.45. The predicted molar refractivity (Wildman–Crippen MR) is 140 cm³/mol. The van der Waals surface area contributed by atoms with Gasteiger partial charge in [-0.05, 0) is 47.5 Å². The molecule has 0 atom stereocenters. The van der Waals surface area contributed by atoms with Gasteiger partial charge in [0.2, 0.25) is 0 Å². The third-order valence-electron chi connectivity index (χ3n) is 4.29. The number of carboxylic acid groups (broad SMARTS) is 2. The van der Waals surface area contributed by atoms with Gasteiger partial charge < -0.3 is 19.8 Å². The van der Waals surface area contributed by atoms with E-state index in [0.29, 0.717) is 0 Å². The topological polar surface area (TPSA) is 80.3 Å². The van der Waals surface area contributed by atoms with Crippen LogP contribution >= 0.6 is 0 Å². The van der Waals surface area contributed by atoms with Crippen LogP contribution in [0.2, 0.25) is 8.87 Å². The molecule has 0 aliphatic heterocycles. The van der Waals surface area contributed by atoms with Crippen molar-refractivity contribution in [2.45, 2.75) is 102 Å². The molecule has 184 valence electrons. The first-order chi connectivity index (χ1) is 14.8. The fourth-order valence-electron chi connectivity index (χ4n) is 2.47. The van der Waals surface area contributed by atoms with Gasteiger partial charge in [0.1, 0.15) is 34.5 Å². The number of aliphatic carboxylic acids is 2. The Kier molecular flexibility index (Phi) is 35.4. The molecular weight excluding hydrogens is 535 g/mol. The molecule has 0 saturated carbocycles. The van der Waals surface area contributed by atoms with Crippen LogP contribution in [0.15, 0.2) is 0 Å². The van der Waals surface area contributed by atoms with Crippen LogP contribution in [0.25, 0.3) is 0 Å². The van der Waals surface area contributed by atoms with Crippen molar-refractivity contribution in [3.05, 3.63) is 0 Å². The Morgan fingerprint density at radius 2 is 0.839 bits per heavy atom. The minimum absolute atomic E-state index is 0.0836. The minimum atomic E-state index is -0.879. The first kappa shape index (κ1) is 36.0. The van der Waals surface area contributed by atoms with Gasteiger partial charge in [0, 0.05) is 0 Å². The summed E-state index contributed by atoms with van der Waals surface area (Å²) in [6, 6.07) is 0. The molecule has 0 rings (SSSR count). The predicted octanol–water partition coefficient (Wildman–Crippen LogP) is 3.48. The van der Waals surface area contributed by atoms with Gasteiger partial charge in [-0.25, -0.2) is 0 Å². The number of carboxylic acids is 2. The SMILES string of the molecule is CCCC[S+](CCCC)CC(=O)[O-].CCCC[S+](CCCC)CC(=O)[O-].C[CH2][Sn+2][CH2]C. The zero-order valence-corrected chi connectivity index (χ0v) is 25.8. The van der Waals surface area contributed by atoms with Crippen molar-refractivity contribution in [1.82, 2.24) is 0 Å². The van der Waals surface area contributed by atoms with Gasteiger partial charge in [-0.3, -0.25) is 0 Å². The molecule has 0 amide bonds. The number of unbranched alkanes of at least 4 members (excludes halogenated alkanes) is 4. The fourth-order valence-corrected chi connectivity index (χ4v) is 8.34. The van der Waals surface area contributed by atoms with Crippen LogP contribution < -0.4 is 10.2 Å². The van der Waals surface area contributed by atoms with E-state index in [1.54, 1.807) is 0 Å². The Bertz CT molecular complexity index is 335. The molecule has 0 aromatic carbocycles. The van der Waals surface area contributed by atoms with Crippen LogP contribution in [0.1, 0.15) is 92.9 Å². The quantitative estimate of drug-likeness (QED) is 0.182. The summed E-state index contributed by atoms with van der Waals surface area (Å²) < 4.78 is 3.03. The van der Waals surface area contributed by atoms with E-state index in [1.807, 2.05) is 0 Å². The van der Waals surface area contributed by atoms with Gasteiger partial charge in [0.15, 0.2) is 0 Å². The van der Waals surface area contributed by atoms with Crippen molar-refractivity contribution in [2.75, 3.05) is 34.5 Å². The van der Waals surface area contributed by atoms with E-state index in [1.165, 1.54) is 8.87 Å². The molecule has 7 heteroatoms. The van der Waals surface area contributed by atoms with Crippen LogP contribution in [0.5, 0.6) is 0 Å². The molecule has 4 nitrogen and oxygen atoms in total. The number of hydrogen-bond acceptors (Lipinski definition) is 4. The van der Waals surface area contributed by atoms with Crippen molar-refractivity contribution >= 4 is 54.9 Å². The van der Waals surface area contributed by atoms with Crippen LogP contribution in [0.4, 0.5) is 0 Å². The molecule has 0 aliphatic carbocycles. The molecule has 0 bridgehead atoms. The van der Waals surface area contributed by atoms with Crippen molar-refractivity contribution in [3.63, 3.8) is 0 Å². The summed E-state index contributed by atoms with van der Waals surface area (Å²) in [6.07, 6.45) is 9.23. The van der Waals surface area contributed by atoms with E-state index in [0.717, 1.165) is 74.4 Å². The van der Waals surface area contributed by atoms with Crippen molar-refractivity contribution in [3.8, 4) is 0 Å². The summed E-state index contributed by atoms with van der Waals surface area (Å²) in [5.41, 5.74) is 0. The summed E-state index contributed by atoms with van der Waals surface area (Å²) in [4.78, 5) is 20.9.